The fraction of sp³-hybridized carbons (Fsp3) is 0.312. The van der Waals surface area contributed by atoms with Crippen LogP contribution in [0.15, 0.2) is 42.6 Å². The van der Waals surface area contributed by atoms with Crippen molar-refractivity contribution in [1.29, 1.82) is 0 Å². The summed E-state index contributed by atoms with van der Waals surface area (Å²) in [7, 11) is 0. The molecule has 0 spiro atoms. The summed E-state index contributed by atoms with van der Waals surface area (Å²) in [4.78, 5) is 4.11. The zero-order valence-electron chi connectivity index (χ0n) is 11.4. The van der Waals surface area contributed by atoms with Crippen LogP contribution in [0.1, 0.15) is 37.6 Å². The molecule has 0 saturated carbocycles. The van der Waals surface area contributed by atoms with Crippen LogP contribution in [0.5, 0.6) is 0 Å². The molecule has 1 heterocycles. The third-order valence-electron chi connectivity index (χ3n) is 3.10. The van der Waals surface area contributed by atoms with E-state index < -0.39 is 0 Å². The molecule has 1 N–H and O–H groups in total. The predicted molar refractivity (Wildman–Crippen MR) is 76.7 cm³/mol. The Bertz CT molecular complexity index is 523. The summed E-state index contributed by atoms with van der Waals surface area (Å²) < 4.78 is 12.9. The molecule has 1 aromatic heterocycles. The molecule has 100 valence electrons. The number of aryl methyl sites for hydroxylation is 1. The largest absolute Gasteiger partial charge is 0.377 e. The van der Waals surface area contributed by atoms with E-state index in [4.69, 9.17) is 0 Å². The smallest absolute Gasteiger partial charge is 0.141 e. The Labute approximate surface area is 113 Å². The molecule has 1 atom stereocenters. The summed E-state index contributed by atoms with van der Waals surface area (Å²) in [5.41, 5.74) is 3.27. The summed E-state index contributed by atoms with van der Waals surface area (Å²) in [6, 6.07) is 11.5. The monoisotopic (exact) mass is 258 g/mol. The van der Waals surface area contributed by atoms with Crippen molar-refractivity contribution in [1.82, 2.24) is 4.98 Å². The molecule has 0 aliphatic heterocycles. The van der Waals surface area contributed by atoms with E-state index in [-0.39, 0.29) is 11.9 Å². The molecule has 2 aromatic rings. The number of anilines is 1. The number of rotatable bonds is 5. The molecule has 19 heavy (non-hydrogen) atoms. The van der Waals surface area contributed by atoms with Gasteiger partial charge in [0.1, 0.15) is 5.82 Å². The molecule has 0 fully saturated rings. The zero-order valence-corrected chi connectivity index (χ0v) is 11.4. The number of halogens is 1. The second-order valence-corrected chi connectivity index (χ2v) is 4.67. The highest BCUT2D eigenvalue weighted by Crippen LogP contribution is 2.22. The fourth-order valence-corrected chi connectivity index (χ4v) is 2.10. The number of pyridine rings is 1. The van der Waals surface area contributed by atoms with E-state index in [1.165, 1.54) is 17.8 Å². The standard InChI is InChI=1S/C16H19FN2/c1-3-6-13-7-4-5-8-16(13)19-12(2)15-10-9-14(17)11-18-15/h4-5,7-12,19H,3,6H2,1-2H3. The molecule has 0 saturated heterocycles. The lowest BCUT2D eigenvalue weighted by atomic mass is 10.1. The van der Waals surface area contributed by atoms with Gasteiger partial charge in [-0.15, -0.1) is 0 Å². The van der Waals surface area contributed by atoms with Crippen molar-refractivity contribution in [2.45, 2.75) is 32.7 Å². The van der Waals surface area contributed by atoms with E-state index in [0.29, 0.717) is 0 Å². The maximum Gasteiger partial charge on any atom is 0.141 e. The Morgan fingerprint density at radius 1 is 1.21 bits per heavy atom. The van der Waals surface area contributed by atoms with Crippen molar-refractivity contribution >= 4 is 5.69 Å². The Morgan fingerprint density at radius 3 is 2.68 bits per heavy atom. The van der Waals surface area contributed by atoms with E-state index in [1.807, 2.05) is 13.0 Å². The number of para-hydroxylation sites is 1. The first-order valence-electron chi connectivity index (χ1n) is 6.66. The van der Waals surface area contributed by atoms with Crippen LogP contribution in [0.25, 0.3) is 0 Å². The first-order valence-corrected chi connectivity index (χ1v) is 6.66. The quantitative estimate of drug-likeness (QED) is 0.862. The number of benzene rings is 1. The van der Waals surface area contributed by atoms with Gasteiger partial charge in [0, 0.05) is 5.69 Å². The van der Waals surface area contributed by atoms with Gasteiger partial charge in [-0.3, -0.25) is 4.98 Å². The van der Waals surface area contributed by atoms with E-state index in [0.717, 1.165) is 24.2 Å². The maximum atomic E-state index is 12.9. The highest BCUT2D eigenvalue weighted by atomic mass is 19.1. The maximum absolute atomic E-state index is 12.9. The van der Waals surface area contributed by atoms with Crippen LogP contribution in [0.2, 0.25) is 0 Å². The van der Waals surface area contributed by atoms with Gasteiger partial charge >= 0.3 is 0 Å². The number of aromatic nitrogens is 1. The minimum atomic E-state index is -0.303. The molecule has 0 bridgehead atoms. The van der Waals surface area contributed by atoms with Crippen LogP contribution in [0.3, 0.4) is 0 Å². The highest BCUT2D eigenvalue weighted by molar-refractivity contribution is 5.52. The van der Waals surface area contributed by atoms with Gasteiger partial charge in [-0.2, -0.15) is 0 Å². The Kier molecular flexibility index (Phi) is 4.50. The fourth-order valence-electron chi connectivity index (χ4n) is 2.10. The third kappa shape index (κ3) is 3.53. The lowest BCUT2D eigenvalue weighted by molar-refractivity contribution is 0.617. The lowest BCUT2D eigenvalue weighted by Gasteiger charge is -2.17. The topological polar surface area (TPSA) is 24.9 Å². The molecular weight excluding hydrogens is 239 g/mol. The minimum absolute atomic E-state index is 0.0543. The van der Waals surface area contributed by atoms with Crippen molar-refractivity contribution in [2.24, 2.45) is 0 Å². The van der Waals surface area contributed by atoms with Gasteiger partial charge < -0.3 is 5.32 Å². The van der Waals surface area contributed by atoms with E-state index >= 15 is 0 Å². The van der Waals surface area contributed by atoms with Gasteiger partial charge in [0.25, 0.3) is 0 Å². The van der Waals surface area contributed by atoms with E-state index in [9.17, 15) is 4.39 Å². The number of hydrogen-bond donors (Lipinski definition) is 1. The SMILES string of the molecule is CCCc1ccccc1NC(C)c1ccc(F)cn1. The summed E-state index contributed by atoms with van der Waals surface area (Å²) in [6.07, 6.45) is 3.42. The summed E-state index contributed by atoms with van der Waals surface area (Å²) in [5, 5.41) is 3.45. The molecule has 2 nitrogen and oxygen atoms in total. The van der Waals surface area contributed by atoms with Crippen LogP contribution < -0.4 is 5.32 Å². The van der Waals surface area contributed by atoms with Crippen molar-refractivity contribution < 1.29 is 4.39 Å². The van der Waals surface area contributed by atoms with Crippen LogP contribution in [-0.2, 0) is 6.42 Å². The Hall–Kier alpha value is -1.90. The second kappa shape index (κ2) is 6.32. The van der Waals surface area contributed by atoms with Gasteiger partial charge in [0.2, 0.25) is 0 Å². The molecule has 0 amide bonds. The van der Waals surface area contributed by atoms with E-state index in [1.54, 1.807) is 6.07 Å². The molecule has 0 aliphatic carbocycles. The second-order valence-electron chi connectivity index (χ2n) is 4.67. The lowest BCUT2D eigenvalue weighted by Crippen LogP contribution is -2.10. The Balaban J connectivity index is 2.14. The van der Waals surface area contributed by atoms with Crippen molar-refractivity contribution in [3.8, 4) is 0 Å². The molecule has 0 radical (unpaired) electrons. The predicted octanol–water partition coefficient (Wildman–Crippen LogP) is 4.35. The van der Waals surface area contributed by atoms with Crippen molar-refractivity contribution in [2.75, 3.05) is 5.32 Å². The van der Waals surface area contributed by atoms with Crippen LogP contribution in [-0.4, -0.2) is 4.98 Å². The van der Waals surface area contributed by atoms with Crippen LogP contribution in [0.4, 0.5) is 10.1 Å². The van der Waals surface area contributed by atoms with Gasteiger partial charge in [0.05, 0.1) is 17.9 Å². The molecule has 0 aliphatic rings. The average molecular weight is 258 g/mol. The molecule has 1 unspecified atom stereocenters. The zero-order chi connectivity index (χ0) is 13.7. The highest BCUT2D eigenvalue weighted by Gasteiger charge is 2.09. The van der Waals surface area contributed by atoms with Gasteiger partial charge in [-0.05, 0) is 37.1 Å². The normalized spacial score (nSPS) is 12.2. The molecular formula is C16H19FN2. The van der Waals surface area contributed by atoms with Gasteiger partial charge in [-0.1, -0.05) is 31.5 Å². The number of nitrogens with zero attached hydrogens (tertiary/aromatic N) is 1. The molecule has 1 aromatic carbocycles. The Morgan fingerprint density at radius 2 is 2.00 bits per heavy atom. The summed E-state index contributed by atoms with van der Waals surface area (Å²) >= 11 is 0. The van der Waals surface area contributed by atoms with Crippen molar-refractivity contribution in [3.05, 3.63) is 59.7 Å². The molecule has 2 rings (SSSR count). The summed E-state index contributed by atoms with van der Waals surface area (Å²) in [6.45, 7) is 4.20. The van der Waals surface area contributed by atoms with Gasteiger partial charge in [-0.25, -0.2) is 4.39 Å². The first-order chi connectivity index (χ1) is 9.20. The summed E-state index contributed by atoms with van der Waals surface area (Å²) in [5.74, 6) is -0.303. The average Bonchev–Trinajstić information content (AvgIpc) is 2.42. The van der Waals surface area contributed by atoms with Crippen LogP contribution in [0, 0.1) is 5.82 Å². The van der Waals surface area contributed by atoms with E-state index in [2.05, 4.69) is 35.4 Å². The van der Waals surface area contributed by atoms with Crippen LogP contribution >= 0.6 is 0 Å². The van der Waals surface area contributed by atoms with Gasteiger partial charge in [0.15, 0.2) is 0 Å². The molecule has 3 heteroatoms. The first kappa shape index (κ1) is 13.5. The number of hydrogen-bond acceptors (Lipinski definition) is 2. The minimum Gasteiger partial charge on any atom is -0.377 e. The van der Waals surface area contributed by atoms with Crippen molar-refractivity contribution in [3.63, 3.8) is 0 Å². The third-order valence-corrected chi connectivity index (χ3v) is 3.10. The number of nitrogens with one attached hydrogen (secondary N) is 1.